The van der Waals surface area contributed by atoms with Crippen molar-refractivity contribution in [3.8, 4) is 5.75 Å². The normalized spacial score (nSPS) is 17.1. The van der Waals surface area contributed by atoms with Crippen LogP contribution in [0.15, 0.2) is 84.0 Å². The smallest absolute Gasteiger partial charge is 0.491 e. The molecule has 5 rings (SSSR count). The van der Waals surface area contributed by atoms with Crippen LogP contribution in [0.2, 0.25) is 5.02 Å². The van der Waals surface area contributed by atoms with Crippen molar-refractivity contribution in [3.05, 3.63) is 95.3 Å². The number of rotatable bonds is 9. The molecule has 3 aromatic carbocycles. The maximum atomic E-state index is 14.8. The van der Waals surface area contributed by atoms with E-state index in [0.717, 1.165) is 10.8 Å². The quantitative estimate of drug-likeness (QED) is 0.104. The number of likely N-dealkylation sites (tertiary alicyclic amines) is 1. The Morgan fingerprint density at radius 2 is 1.82 bits per heavy atom. The number of alkyl halides is 3. The van der Waals surface area contributed by atoms with Crippen molar-refractivity contribution in [2.45, 2.75) is 36.5 Å². The van der Waals surface area contributed by atoms with E-state index in [4.69, 9.17) is 22.2 Å². The molecule has 3 atom stereocenters. The Kier molecular flexibility index (Phi) is 10.2. The molecular formula is C33H30ClF3N4O7S. The van der Waals surface area contributed by atoms with Crippen LogP contribution in [0, 0.1) is 5.92 Å². The average Bonchev–Trinajstić information content (AvgIpc) is 3.53. The highest BCUT2D eigenvalue weighted by atomic mass is 35.5. The van der Waals surface area contributed by atoms with E-state index in [0.29, 0.717) is 5.69 Å². The number of halogens is 4. The summed E-state index contributed by atoms with van der Waals surface area (Å²) >= 11 is 6.29. The van der Waals surface area contributed by atoms with E-state index < -0.39 is 51.9 Å². The minimum absolute atomic E-state index is 0.0363. The lowest BCUT2D eigenvalue weighted by molar-refractivity contribution is -0.203. The molecule has 0 aliphatic carbocycles. The number of aromatic nitrogens is 1. The molecule has 49 heavy (non-hydrogen) atoms. The Balaban J connectivity index is 1.66. The minimum Gasteiger partial charge on any atom is -0.495 e. The molecular weight excluding hydrogens is 689 g/mol. The molecule has 0 spiro atoms. The summed E-state index contributed by atoms with van der Waals surface area (Å²) in [7, 11) is -2.61. The van der Waals surface area contributed by atoms with Crippen LogP contribution in [-0.2, 0) is 29.0 Å². The van der Waals surface area contributed by atoms with E-state index in [1.54, 1.807) is 36.7 Å². The second-order valence-electron chi connectivity index (χ2n) is 11.1. The molecule has 258 valence electrons. The Hall–Kier alpha value is -4.73. The largest absolute Gasteiger partial charge is 0.495 e. The summed E-state index contributed by atoms with van der Waals surface area (Å²) in [5.74, 6) is -0.0292. The van der Waals surface area contributed by atoms with Gasteiger partial charge in [-0.1, -0.05) is 48.9 Å². The molecule has 0 saturated carbocycles. The summed E-state index contributed by atoms with van der Waals surface area (Å²) in [6.45, 7) is 1.16. The number of carbonyl (C=O) groups is 3. The molecule has 0 radical (unpaired) electrons. The summed E-state index contributed by atoms with van der Waals surface area (Å²) in [5, 5.41) is 2.95. The van der Waals surface area contributed by atoms with Crippen LogP contribution in [0.25, 0.3) is 10.8 Å². The first kappa shape index (κ1) is 35.6. The van der Waals surface area contributed by atoms with Gasteiger partial charge >= 0.3 is 18.1 Å². The van der Waals surface area contributed by atoms with Gasteiger partial charge in [-0.25, -0.2) is 19.1 Å². The first-order valence-electron chi connectivity index (χ1n) is 14.8. The molecule has 4 aromatic rings. The van der Waals surface area contributed by atoms with E-state index in [9.17, 15) is 36.0 Å². The van der Waals surface area contributed by atoms with Gasteiger partial charge in [0.15, 0.2) is 9.84 Å². The van der Waals surface area contributed by atoms with Gasteiger partial charge in [0, 0.05) is 24.3 Å². The van der Waals surface area contributed by atoms with Crippen LogP contribution < -0.4 is 15.6 Å². The van der Waals surface area contributed by atoms with Crippen molar-refractivity contribution in [2.75, 3.05) is 24.4 Å². The lowest BCUT2D eigenvalue weighted by atomic mass is 9.93. The first-order chi connectivity index (χ1) is 23.2. The van der Waals surface area contributed by atoms with Gasteiger partial charge in [-0.05, 0) is 59.3 Å². The molecule has 1 saturated heterocycles. The third kappa shape index (κ3) is 7.19. The zero-order valence-corrected chi connectivity index (χ0v) is 27.6. The molecule has 1 fully saturated rings. The molecule has 1 aromatic heterocycles. The van der Waals surface area contributed by atoms with E-state index in [2.05, 4.69) is 9.72 Å². The number of pyridine rings is 1. The highest BCUT2D eigenvalue weighted by Crippen LogP contribution is 2.44. The third-order valence-corrected chi connectivity index (χ3v) is 10.4. The van der Waals surface area contributed by atoms with Gasteiger partial charge in [0.25, 0.3) is 5.91 Å². The highest BCUT2D eigenvalue weighted by Gasteiger charge is 2.50. The molecule has 1 amide bonds. The highest BCUT2D eigenvalue weighted by molar-refractivity contribution is 7.91. The minimum atomic E-state index is -5.47. The van der Waals surface area contributed by atoms with Gasteiger partial charge in [-0.2, -0.15) is 13.2 Å². The maximum absolute atomic E-state index is 14.8. The average molecular weight is 719 g/mol. The number of anilines is 1. The van der Waals surface area contributed by atoms with E-state index >= 15 is 0 Å². The summed E-state index contributed by atoms with van der Waals surface area (Å²) < 4.78 is 75.3. The van der Waals surface area contributed by atoms with Gasteiger partial charge in [0.1, 0.15) is 11.8 Å². The fourth-order valence-corrected chi connectivity index (χ4v) is 7.21. The van der Waals surface area contributed by atoms with Crippen LogP contribution in [0.3, 0.4) is 0 Å². The Bertz CT molecular complexity index is 2030. The number of hydrogen-bond acceptors (Lipinski definition) is 10. The molecule has 2 heterocycles. The molecule has 0 bridgehead atoms. The van der Waals surface area contributed by atoms with Gasteiger partial charge in [0.2, 0.25) is 0 Å². The molecule has 2 unspecified atom stereocenters. The second-order valence-corrected chi connectivity index (χ2v) is 13.8. The summed E-state index contributed by atoms with van der Waals surface area (Å²) in [5.41, 5.74) is 0.628. The summed E-state index contributed by atoms with van der Waals surface area (Å²) in [6.07, 6.45) is -2.51. The van der Waals surface area contributed by atoms with Crippen molar-refractivity contribution >= 4 is 55.7 Å². The van der Waals surface area contributed by atoms with Crippen LogP contribution >= 0.6 is 11.6 Å². The number of amides is 1. The van der Waals surface area contributed by atoms with Crippen molar-refractivity contribution < 1.29 is 45.4 Å². The van der Waals surface area contributed by atoms with E-state index in [1.807, 2.05) is 0 Å². The SMILES string of the molecule is CCS(=O)(=O)c1ccccc1C1C(C(=O)OC(=O)C(F)(F)F)CCN1C(=O)[C@H](c1ccc(Cl)c(OC)c1)N(N)c1ccc2cnccc2c1. The van der Waals surface area contributed by atoms with E-state index in [1.165, 1.54) is 66.4 Å². The number of nitrogens with two attached hydrogens (primary N) is 1. The Morgan fingerprint density at radius 1 is 1.08 bits per heavy atom. The van der Waals surface area contributed by atoms with Crippen LogP contribution in [0.5, 0.6) is 5.75 Å². The number of hydrogen-bond donors (Lipinski definition) is 1. The molecule has 11 nitrogen and oxygen atoms in total. The number of carbonyl (C=O) groups excluding carboxylic acids is 3. The zero-order chi connectivity index (χ0) is 35.7. The standard InChI is InChI=1S/C33H30ClF3N4O7S/c1-3-49(45,46)27-7-5-4-6-23(27)29-24(31(43)48-32(44)33(35,36)37)13-15-40(29)30(42)28(20-9-11-25(34)26(17-20)47-2)41(38)22-10-8-21-18-39-14-12-19(21)16-22/h4-12,14,16-18,24,28-29H,3,13,15,38H2,1-2H3/t24?,28-,29?/m0/s1. The van der Waals surface area contributed by atoms with Gasteiger partial charge in [0.05, 0.1) is 40.4 Å². The third-order valence-electron chi connectivity index (χ3n) is 8.29. The molecule has 2 N–H and O–H groups in total. The Labute approximate surface area is 284 Å². The number of fused-ring (bicyclic) bond motifs is 1. The van der Waals surface area contributed by atoms with Crippen LogP contribution in [0.1, 0.15) is 36.6 Å². The van der Waals surface area contributed by atoms with Crippen molar-refractivity contribution in [3.63, 3.8) is 0 Å². The van der Waals surface area contributed by atoms with Gasteiger partial charge in [-0.15, -0.1) is 0 Å². The lowest BCUT2D eigenvalue weighted by Crippen LogP contribution is -2.47. The fraction of sp³-hybridized carbons (Fsp3) is 0.273. The lowest BCUT2D eigenvalue weighted by Gasteiger charge is -2.36. The predicted octanol–water partition coefficient (Wildman–Crippen LogP) is 5.33. The number of methoxy groups -OCH3 is 1. The number of ether oxygens (including phenoxy) is 2. The molecule has 1 aliphatic heterocycles. The number of benzene rings is 3. The molecule has 16 heteroatoms. The predicted molar refractivity (Wildman–Crippen MR) is 173 cm³/mol. The van der Waals surface area contributed by atoms with Crippen molar-refractivity contribution in [1.29, 1.82) is 0 Å². The van der Waals surface area contributed by atoms with Crippen LogP contribution in [-0.4, -0.2) is 61.7 Å². The van der Waals surface area contributed by atoms with E-state index in [-0.39, 0.29) is 45.5 Å². The number of nitrogens with zero attached hydrogens (tertiary/aromatic N) is 3. The van der Waals surface area contributed by atoms with Gasteiger partial charge in [-0.3, -0.25) is 19.6 Å². The topological polar surface area (TPSA) is 149 Å². The maximum Gasteiger partial charge on any atom is 0.491 e. The van der Waals surface area contributed by atoms with Crippen molar-refractivity contribution in [1.82, 2.24) is 9.88 Å². The van der Waals surface area contributed by atoms with Crippen LogP contribution in [0.4, 0.5) is 18.9 Å². The Morgan fingerprint density at radius 3 is 2.51 bits per heavy atom. The number of esters is 2. The summed E-state index contributed by atoms with van der Waals surface area (Å²) in [4.78, 5) is 44.8. The van der Waals surface area contributed by atoms with Gasteiger partial charge < -0.3 is 14.4 Å². The zero-order valence-electron chi connectivity index (χ0n) is 26.1. The first-order valence-corrected chi connectivity index (χ1v) is 16.9. The molecule has 1 aliphatic rings. The van der Waals surface area contributed by atoms with Crippen molar-refractivity contribution in [2.24, 2.45) is 11.8 Å². The second kappa shape index (κ2) is 14.0. The fourth-order valence-electron chi connectivity index (χ4n) is 5.87. The number of hydrazine groups is 1. The summed E-state index contributed by atoms with van der Waals surface area (Å²) in [6, 6.07) is 14.1. The number of sulfone groups is 1. The monoisotopic (exact) mass is 718 g/mol.